The van der Waals surface area contributed by atoms with E-state index in [0.717, 1.165) is 15.8 Å². The molecule has 0 bridgehead atoms. The Morgan fingerprint density at radius 3 is 0.826 bits per heavy atom. The summed E-state index contributed by atoms with van der Waals surface area (Å²) in [4.78, 5) is 0. The number of rotatable bonds is 2. The summed E-state index contributed by atoms with van der Waals surface area (Å²) < 4.78 is 6.05. The van der Waals surface area contributed by atoms with Crippen LogP contribution in [0.3, 0.4) is 0 Å². The molecular formula is C66H37BrN2. The summed E-state index contributed by atoms with van der Waals surface area (Å²) in [5.74, 6) is 0. The predicted molar refractivity (Wildman–Crippen MR) is 300 cm³/mol. The molecule has 0 aliphatic heterocycles. The van der Waals surface area contributed by atoms with Crippen molar-refractivity contribution in [3.63, 3.8) is 0 Å². The molecule has 0 aliphatic rings. The fourth-order valence-corrected chi connectivity index (χ4v) is 13.4. The van der Waals surface area contributed by atoms with Gasteiger partial charge in [-0.15, -0.1) is 0 Å². The molecule has 0 fully saturated rings. The van der Waals surface area contributed by atoms with Crippen molar-refractivity contribution in [1.82, 2.24) is 9.13 Å². The van der Waals surface area contributed by atoms with Crippen LogP contribution in [0.1, 0.15) is 0 Å². The van der Waals surface area contributed by atoms with E-state index in [2.05, 4.69) is 250 Å². The van der Waals surface area contributed by atoms with E-state index in [-0.39, 0.29) is 0 Å². The molecule has 2 aromatic heterocycles. The number of nitrogens with zero attached hydrogens (tertiary/aromatic N) is 2. The Labute approximate surface area is 403 Å². The zero-order chi connectivity index (χ0) is 45.1. The van der Waals surface area contributed by atoms with Crippen LogP contribution in [0.5, 0.6) is 0 Å². The van der Waals surface area contributed by atoms with Gasteiger partial charge in [0, 0.05) is 37.7 Å². The van der Waals surface area contributed by atoms with Crippen molar-refractivity contribution in [3.05, 3.63) is 229 Å². The number of hydrogen-bond acceptors (Lipinski definition) is 0. The number of para-hydroxylation sites is 1. The lowest BCUT2D eigenvalue weighted by molar-refractivity contribution is 1.12. The fraction of sp³-hybridized carbons (Fsp3) is 0. The second kappa shape index (κ2) is 13.8. The quantitative estimate of drug-likeness (QED) is 0.153. The molecular weight excluding hydrogens is 901 g/mol. The molecule has 3 heteroatoms. The van der Waals surface area contributed by atoms with E-state index >= 15 is 0 Å². The van der Waals surface area contributed by atoms with E-state index in [1.54, 1.807) is 0 Å². The van der Waals surface area contributed by atoms with Gasteiger partial charge < -0.3 is 9.13 Å². The Hall–Kier alpha value is -8.50. The van der Waals surface area contributed by atoms with E-state index in [0.29, 0.717) is 0 Å². The Morgan fingerprint density at radius 1 is 0.188 bits per heavy atom. The highest BCUT2D eigenvalue weighted by Crippen LogP contribution is 2.50. The maximum atomic E-state index is 4.39. The normalized spacial score (nSPS) is 12.4. The van der Waals surface area contributed by atoms with Crippen LogP contribution < -0.4 is 0 Å². The summed E-state index contributed by atoms with van der Waals surface area (Å²) in [5, 5.41) is 28.0. The van der Waals surface area contributed by atoms with Gasteiger partial charge in [0.25, 0.3) is 0 Å². The molecule has 318 valence electrons. The highest BCUT2D eigenvalue weighted by Gasteiger charge is 2.25. The summed E-state index contributed by atoms with van der Waals surface area (Å²) in [6, 6.07) is 83.7. The average molecular weight is 938 g/mol. The van der Waals surface area contributed by atoms with Crippen LogP contribution in [-0.2, 0) is 0 Å². The van der Waals surface area contributed by atoms with Gasteiger partial charge in [-0.2, -0.15) is 0 Å². The molecule has 69 heavy (non-hydrogen) atoms. The third kappa shape index (κ3) is 4.85. The molecule has 0 saturated heterocycles. The number of benzene rings is 14. The minimum Gasteiger partial charge on any atom is -0.308 e. The van der Waals surface area contributed by atoms with Gasteiger partial charge in [0.15, 0.2) is 0 Å². The van der Waals surface area contributed by atoms with Crippen molar-refractivity contribution in [2.75, 3.05) is 0 Å². The molecule has 0 aliphatic carbocycles. The second-order valence-electron chi connectivity index (χ2n) is 18.7. The SMILES string of the molecule is Brc1c(-n2c3ccccc3c3c4c5ccccc5c5ccccc5c4ccc32)cccc1-n1c2ccc3c4ccccc4c4ccccc4c3c2c2c3c4ccccc4c4ccccc4c3ccc21. The van der Waals surface area contributed by atoms with E-state index in [9.17, 15) is 0 Å². The van der Waals surface area contributed by atoms with Gasteiger partial charge in [0.05, 0.1) is 37.9 Å². The molecule has 0 atom stereocenters. The standard InChI is InChI=1S/C66H37BrN2/c67-66-58(68-54-29-14-13-28-53(54)63-55(68)35-32-50-44-22-4-1-16-38(44)41-19-7-10-25-47(41)60(50)63)30-15-31-59(66)69-56-36-33-51-45-23-5-2-17-39(45)42-20-8-11-26-48(42)61(51)64(56)65-57(69)37-34-52-46-24-6-3-18-40(46)43-21-9-12-27-49(43)62(52)65/h1-37H. The predicted octanol–water partition coefficient (Wildman–Crippen LogP) is 19.0. The Bertz CT molecular complexity index is 4700. The summed E-state index contributed by atoms with van der Waals surface area (Å²) >= 11 is 4.39. The molecule has 14 aromatic carbocycles. The van der Waals surface area contributed by atoms with Crippen LogP contribution in [0.15, 0.2) is 229 Å². The van der Waals surface area contributed by atoms with Crippen molar-refractivity contribution in [1.29, 1.82) is 0 Å². The van der Waals surface area contributed by atoms with Gasteiger partial charge in [-0.1, -0.05) is 188 Å². The molecule has 2 heterocycles. The fourth-order valence-electron chi connectivity index (χ4n) is 12.8. The first-order chi connectivity index (χ1) is 34.2. The first kappa shape index (κ1) is 37.6. The second-order valence-corrected chi connectivity index (χ2v) is 19.5. The summed E-state index contributed by atoms with van der Waals surface area (Å²) in [7, 11) is 0. The van der Waals surface area contributed by atoms with Crippen LogP contribution in [0, 0.1) is 0 Å². The van der Waals surface area contributed by atoms with Crippen LogP contribution in [-0.4, -0.2) is 9.13 Å². The number of fused-ring (bicyclic) bond motifs is 27. The van der Waals surface area contributed by atoms with Crippen molar-refractivity contribution >= 4 is 156 Å². The zero-order valence-corrected chi connectivity index (χ0v) is 38.7. The van der Waals surface area contributed by atoms with E-state index < -0.39 is 0 Å². The van der Waals surface area contributed by atoms with Gasteiger partial charge in [-0.3, -0.25) is 0 Å². The minimum absolute atomic E-state index is 1.03. The van der Waals surface area contributed by atoms with Crippen molar-refractivity contribution in [2.45, 2.75) is 0 Å². The monoisotopic (exact) mass is 936 g/mol. The van der Waals surface area contributed by atoms with Crippen molar-refractivity contribution in [3.8, 4) is 11.4 Å². The van der Waals surface area contributed by atoms with Crippen molar-refractivity contribution in [2.24, 2.45) is 0 Å². The molecule has 0 N–H and O–H groups in total. The smallest absolute Gasteiger partial charge is 0.0656 e. The molecule has 16 rings (SSSR count). The van der Waals surface area contributed by atoms with Crippen LogP contribution in [0.25, 0.3) is 152 Å². The lowest BCUT2D eigenvalue weighted by Crippen LogP contribution is -2.01. The maximum Gasteiger partial charge on any atom is 0.0656 e. The lowest BCUT2D eigenvalue weighted by atomic mass is 9.89. The van der Waals surface area contributed by atoms with Gasteiger partial charge in [-0.25, -0.2) is 0 Å². The summed E-state index contributed by atoms with van der Waals surface area (Å²) in [5.41, 5.74) is 6.88. The molecule has 0 unspecified atom stereocenters. The average Bonchev–Trinajstić information content (AvgIpc) is 3.94. The molecule has 0 amide bonds. The largest absolute Gasteiger partial charge is 0.308 e. The first-order valence-electron chi connectivity index (χ1n) is 23.8. The number of hydrogen-bond donors (Lipinski definition) is 0. The number of aromatic nitrogens is 2. The molecule has 0 spiro atoms. The highest BCUT2D eigenvalue weighted by molar-refractivity contribution is 9.10. The molecule has 0 radical (unpaired) electrons. The van der Waals surface area contributed by atoms with Gasteiger partial charge in [-0.05, 0) is 133 Å². The molecule has 0 saturated carbocycles. The summed E-state index contributed by atoms with van der Waals surface area (Å²) in [6.45, 7) is 0. The van der Waals surface area contributed by atoms with Crippen LogP contribution in [0.2, 0.25) is 0 Å². The number of halogens is 1. The molecule has 16 aromatic rings. The topological polar surface area (TPSA) is 9.86 Å². The van der Waals surface area contributed by atoms with Gasteiger partial charge in [0.2, 0.25) is 0 Å². The first-order valence-corrected chi connectivity index (χ1v) is 24.6. The third-order valence-corrected chi connectivity index (χ3v) is 16.3. The van der Waals surface area contributed by atoms with Crippen LogP contribution in [0.4, 0.5) is 0 Å². The van der Waals surface area contributed by atoms with E-state index in [4.69, 9.17) is 0 Å². The van der Waals surface area contributed by atoms with Crippen molar-refractivity contribution < 1.29 is 0 Å². The Morgan fingerprint density at radius 2 is 0.449 bits per heavy atom. The third-order valence-electron chi connectivity index (χ3n) is 15.5. The Kier molecular flexibility index (Phi) is 7.51. The lowest BCUT2D eigenvalue weighted by Gasteiger charge is -2.17. The van der Waals surface area contributed by atoms with Gasteiger partial charge in [0.1, 0.15) is 0 Å². The molecule has 2 nitrogen and oxygen atoms in total. The highest BCUT2D eigenvalue weighted by atomic mass is 79.9. The Balaban J connectivity index is 1.08. The van der Waals surface area contributed by atoms with E-state index in [1.807, 2.05) is 0 Å². The minimum atomic E-state index is 1.03. The summed E-state index contributed by atoms with van der Waals surface area (Å²) in [6.07, 6.45) is 0. The van der Waals surface area contributed by atoms with E-state index in [1.165, 1.54) is 141 Å². The zero-order valence-electron chi connectivity index (χ0n) is 37.1. The van der Waals surface area contributed by atoms with Gasteiger partial charge >= 0.3 is 0 Å². The van der Waals surface area contributed by atoms with Crippen LogP contribution >= 0.6 is 15.9 Å². The maximum absolute atomic E-state index is 4.39.